The zero-order valence-corrected chi connectivity index (χ0v) is 14.3. The highest BCUT2D eigenvalue weighted by Crippen LogP contribution is 2.38. The van der Waals surface area contributed by atoms with E-state index in [4.69, 9.17) is 23.2 Å². The minimum atomic E-state index is -0.504. The molecule has 0 saturated carbocycles. The summed E-state index contributed by atoms with van der Waals surface area (Å²) >= 11 is 15.2. The van der Waals surface area contributed by atoms with Gasteiger partial charge in [-0.05, 0) is 59.1 Å². The molecular weight excluding hydrogens is 380 g/mol. The second-order valence-electron chi connectivity index (χ2n) is 4.50. The average molecular weight is 391 g/mol. The third-order valence-electron chi connectivity index (χ3n) is 3.10. The molecule has 0 radical (unpaired) electrons. The van der Waals surface area contributed by atoms with E-state index in [9.17, 15) is 9.50 Å². The standard InChI is InChI=1S/C15H11BrCl2FNO/c1-7-10(15(21)13(16)8(2)14(7)18)6-20-9-3-4-12(19)11(17)5-9/h3-6,21H,1-2H3. The quantitative estimate of drug-likeness (QED) is 0.629. The molecule has 1 N–H and O–H groups in total. The first-order valence-corrected chi connectivity index (χ1v) is 7.54. The highest BCUT2D eigenvalue weighted by atomic mass is 79.9. The van der Waals surface area contributed by atoms with Crippen LogP contribution in [0.5, 0.6) is 5.75 Å². The predicted molar refractivity (Wildman–Crippen MR) is 89.0 cm³/mol. The van der Waals surface area contributed by atoms with Gasteiger partial charge in [0.05, 0.1) is 15.2 Å². The Balaban J connectivity index is 2.48. The van der Waals surface area contributed by atoms with Crippen LogP contribution in [0, 0.1) is 19.7 Å². The summed E-state index contributed by atoms with van der Waals surface area (Å²) in [6.07, 6.45) is 1.48. The molecule has 6 heteroatoms. The Morgan fingerprint density at radius 2 is 1.90 bits per heavy atom. The summed E-state index contributed by atoms with van der Waals surface area (Å²) in [6.45, 7) is 3.60. The largest absolute Gasteiger partial charge is 0.506 e. The number of halogens is 4. The van der Waals surface area contributed by atoms with Crippen molar-refractivity contribution in [3.8, 4) is 5.75 Å². The van der Waals surface area contributed by atoms with E-state index in [1.165, 1.54) is 24.4 Å². The lowest BCUT2D eigenvalue weighted by molar-refractivity contribution is 0.470. The summed E-state index contributed by atoms with van der Waals surface area (Å²) in [6, 6.07) is 4.14. The van der Waals surface area contributed by atoms with Crippen LogP contribution >= 0.6 is 39.1 Å². The van der Waals surface area contributed by atoms with Gasteiger partial charge >= 0.3 is 0 Å². The van der Waals surface area contributed by atoms with Crippen molar-refractivity contribution in [2.24, 2.45) is 4.99 Å². The van der Waals surface area contributed by atoms with Gasteiger partial charge in [0.25, 0.3) is 0 Å². The number of phenolic OH excluding ortho intramolecular Hbond substituents is 1. The van der Waals surface area contributed by atoms with Crippen LogP contribution in [0.2, 0.25) is 10.0 Å². The first-order valence-electron chi connectivity index (χ1n) is 5.99. The molecule has 0 aromatic heterocycles. The number of phenols is 1. The van der Waals surface area contributed by atoms with Crippen LogP contribution in [-0.2, 0) is 0 Å². The van der Waals surface area contributed by atoms with E-state index in [1.807, 2.05) is 0 Å². The molecule has 0 saturated heterocycles. The molecule has 0 aliphatic carbocycles. The Morgan fingerprint density at radius 1 is 1.24 bits per heavy atom. The molecule has 0 aliphatic rings. The van der Waals surface area contributed by atoms with E-state index in [-0.39, 0.29) is 10.8 Å². The molecule has 0 amide bonds. The maximum Gasteiger partial charge on any atom is 0.141 e. The molecular formula is C15H11BrCl2FNO. The number of aromatic hydroxyl groups is 1. The Bertz CT molecular complexity index is 718. The fourth-order valence-corrected chi connectivity index (χ4v) is 2.73. The van der Waals surface area contributed by atoms with Gasteiger partial charge in [-0.15, -0.1) is 0 Å². The first-order chi connectivity index (χ1) is 9.82. The van der Waals surface area contributed by atoms with E-state index < -0.39 is 5.82 Å². The van der Waals surface area contributed by atoms with Gasteiger partial charge in [0.2, 0.25) is 0 Å². The third kappa shape index (κ3) is 3.23. The molecule has 110 valence electrons. The Kier molecular flexibility index (Phi) is 4.91. The summed E-state index contributed by atoms with van der Waals surface area (Å²) in [4.78, 5) is 4.20. The van der Waals surface area contributed by atoms with Crippen molar-refractivity contribution in [3.63, 3.8) is 0 Å². The van der Waals surface area contributed by atoms with Crippen LogP contribution in [0.1, 0.15) is 16.7 Å². The summed E-state index contributed by atoms with van der Waals surface area (Å²) < 4.78 is 13.6. The molecule has 0 spiro atoms. The normalized spacial score (nSPS) is 11.3. The first kappa shape index (κ1) is 16.3. The van der Waals surface area contributed by atoms with E-state index in [1.54, 1.807) is 13.8 Å². The fraction of sp³-hybridized carbons (Fsp3) is 0.133. The Hall–Kier alpha value is -1.10. The number of aliphatic imine (C=N–C) groups is 1. The molecule has 0 heterocycles. The van der Waals surface area contributed by atoms with Crippen molar-refractivity contribution in [1.29, 1.82) is 0 Å². The van der Waals surface area contributed by atoms with Gasteiger partial charge in [-0.25, -0.2) is 4.39 Å². The number of hydrogen-bond donors (Lipinski definition) is 1. The van der Waals surface area contributed by atoms with Crippen molar-refractivity contribution in [1.82, 2.24) is 0 Å². The minimum absolute atomic E-state index is 0.00582. The number of benzene rings is 2. The topological polar surface area (TPSA) is 32.6 Å². The highest BCUT2D eigenvalue weighted by molar-refractivity contribution is 9.10. The number of rotatable bonds is 2. The third-order valence-corrected chi connectivity index (χ3v) is 4.93. The average Bonchev–Trinajstić information content (AvgIpc) is 2.46. The lowest BCUT2D eigenvalue weighted by Gasteiger charge is -2.11. The van der Waals surface area contributed by atoms with Gasteiger partial charge < -0.3 is 5.11 Å². The summed E-state index contributed by atoms with van der Waals surface area (Å²) in [7, 11) is 0. The zero-order valence-electron chi connectivity index (χ0n) is 11.2. The zero-order chi connectivity index (χ0) is 15.7. The van der Waals surface area contributed by atoms with E-state index >= 15 is 0 Å². The van der Waals surface area contributed by atoms with Crippen molar-refractivity contribution < 1.29 is 9.50 Å². The second kappa shape index (κ2) is 6.34. The van der Waals surface area contributed by atoms with Crippen molar-refractivity contribution in [2.75, 3.05) is 0 Å². The van der Waals surface area contributed by atoms with Gasteiger partial charge in [0, 0.05) is 16.8 Å². The molecule has 2 rings (SSSR count). The molecule has 0 aliphatic heterocycles. The molecule has 2 aromatic rings. The van der Waals surface area contributed by atoms with Crippen LogP contribution in [0.15, 0.2) is 27.7 Å². The second-order valence-corrected chi connectivity index (χ2v) is 6.08. The van der Waals surface area contributed by atoms with Crippen molar-refractivity contribution in [3.05, 3.63) is 55.2 Å². The fourth-order valence-electron chi connectivity index (χ4n) is 1.83. The summed E-state index contributed by atoms with van der Waals surface area (Å²) in [5, 5.41) is 10.7. The molecule has 0 bridgehead atoms. The van der Waals surface area contributed by atoms with Gasteiger partial charge in [-0.2, -0.15) is 0 Å². The van der Waals surface area contributed by atoms with E-state index in [2.05, 4.69) is 20.9 Å². The van der Waals surface area contributed by atoms with Gasteiger partial charge in [-0.1, -0.05) is 23.2 Å². The van der Waals surface area contributed by atoms with Gasteiger partial charge in [0.15, 0.2) is 0 Å². The molecule has 0 atom stereocenters. The highest BCUT2D eigenvalue weighted by Gasteiger charge is 2.15. The molecule has 2 nitrogen and oxygen atoms in total. The summed E-state index contributed by atoms with van der Waals surface area (Å²) in [5.74, 6) is -0.442. The minimum Gasteiger partial charge on any atom is -0.506 e. The van der Waals surface area contributed by atoms with Crippen molar-refractivity contribution >= 4 is 51.0 Å². The molecule has 2 aromatic carbocycles. The molecule has 0 fully saturated rings. The molecule has 21 heavy (non-hydrogen) atoms. The smallest absolute Gasteiger partial charge is 0.141 e. The predicted octanol–water partition coefficient (Wildman–Crippen LogP) is 5.97. The van der Waals surface area contributed by atoms with Crippen LogP contribution in [0.3, 0.4) is 0 Å². The van der Waals surface area contributed by atoms with E-state index in [0.29, 0.717) is 26.3 Å². The van der Waals surface area contributed by atoms with E-state index in [0.717, 1.165) is 5.56 Å². The van der Waals surface area contributed by atoms with Gasteiger partial charge in [0.1, 0.15) is 11.6 Å². The monoisotopic (exact) mass is 389 g/mol. The number of nitrogens with zero attached hydrogens (tertiary/aromatic N) is 1. The van der Waals surface area contributed by atoms with Gasteiger partial charge in [-0.3, -0.25) is 4.99 Å². The lowest BCUT2D eigenvalue weighted by Crippen LogP contribution is -1.94. The van der Waals surface area contributed by atoms with Crippen molar-refractivity contribution in [2.45, 2.75) is 13.8 Å². The number of hydrogen-bond acceptors (Lipinski definition) is 2. The Morgan fingerprint density at radius 3 is 2.52 bits per heavy atom. The molecule has 0 unspecified atom stereocenters. The van der Waals surface area contributed by atoms with Crippen LogP contribution in [0.4, 0.5) is 10.1 Å². The summed E-state index contributed by atoms with van der Waals surface area (Å²) in [5.41, 5.74) is 2.45. The maximum atomic E-state index is 13.1. The SMILES string of the molecule is Cc1c(Cl)c(C)c(C=Nc2ccc(F)c(Cl)c2)c(O)c1Br. The van der Waals surface area contributed by atoms with Crippen LogP contribution in [0.25, 0.3) is 0 Å². The van der Waals surface area contributed by atoms with Crippen LogP contribution in [-0.4, -0.2) is 11.3 Å². The Labute approximate surface area is 140 Å². The lowest BCUT2D eigenvalue weighted by atomic mass is 10.0. The maximum absolute atomic E-state index is 13.1. The van der Waals surface area contributed by atoms with Crippen LogP contribution < -0.4 is 0 Å².